The number of pyridine rings is 1. The summed E-state index contributed by atoms with van der Waals surface area (Å²) in [4.78, 5) is 15.4. The van der Waals surface area contributed by atoms with E-state index in [1.54, 1.807) is 18.3 Å². The molecule has 0 spiro atoms. The third-order valence-electron chi connectivity index (χ3n) is 3.04. The van der Waals surface area contributed by atoms with Gasteiger partial charge in [-0.05, 0) is 30.5 Å². The maximum atomic E-state index is 13.2. The number of nitrogens with zero attached hydrogens (tertiary/aromatic N) is 1. The molecule has 2 aromatic rings. The summed E-state index contributed by atoms with van der Waals surface area (Å²) in [6, 6.07) is 5.31. The van der Waals surface area contributed by atoms with Gasteiger partial charge in [0.15, 0.2) is 0 Å². The van der Waals surface area contributed by atoms with E-state index >= 15 is 0 Å². The van der Waals surface area contributed by atoms with Crippen molar-refractivity contribution in [3.63, 3.8) is 0 Å². The summed E-state index contributed by atoms with van der Waals surface area (Å²) in [5, 5.41) is 13.0. The van der Waals surface area contributed by atoms with Crippen molar-refractivity contribution in [3.8, 4) is 0 Å². The molecule has 1 aromatic heterocycles. The number of fused-ring (bicyclic) bond motifs is 1. The Morgan fingerprint density at radius 2 is 2.15 bits per heavy atom. The molecule has 2 rings (SSSR count). The number of anilines is 1. The van der Waals surface area contributed by atoms with E-state index in [1.807, 2.05) is 13.8 Å². The molecule has 0 aliphatic carbocycles. The van der Waals surface area contributed by atoms with Crippen molar-refractivity contribution in [1.29, 1.82) is 0 Å². The minimum atomic E-state index is -0.897. The predicted octanol–water partition coefficient (Wildman–Crippen LogP) is 3.29. The summed E-state index contributed by atoms with van der Waals surface area (Å²) >= 11 is 0. The summed E-state index contributed by atoms with van der Waals surface area (Å²) in [5.41, 5.74) is 1.16. The van der Waals surface area contributed by atoms with Crippen molar-refractivity contribution in [1.82, 2.24) is 4.98 Å². The monoisotopic (exact) mass is 276 g/mol. The van der Waals surface area contributed by atoms with E-state index in [9.17, 15) is 14.3 Å². The summed E-state index contributed by atoms with van der Waals surface area (Å²) in [7, 11) is 0. The molecule has 106 valence electrons. The second kappa shape index (κ2) is 5.86. The number of hydrogen-bond acceptors (Lipinski definition) is 3. The van der Waals surface area contributed by atoms with E-state index in [-0.39, 0.29) is 11.7 Å². The first kappa shape index (κ1) is 14.2. The van der Waals surface area contributed by atoms with Gasteiger partial charge in [-0.15, -0.1) is 0 Å². The molecule has 0 aliphatic rings. The van der Waals surface area contributed by atoms with Crippen molar-refractivity contribution >= 4 is 22.6 Å². The zero-order valence-electron chi connectivity index (χ0n) is 11.4. The second-order valence-electron chi connectivity index (χ2n) is 5.18. The van der Waals surface area contributed by atoms with E-state index in [0.717, 1.165) is 0 Å². The largest absolute Gasteiger partial charge is 0.480 e. The van der Waals surface area contributed by atoms with Crippen molar-refractivity contribution in [3.05, 3.63) is 36.3 Å². The number of aromatic nitrogens is 1. The molecule has 20 heavy (non-hydrogen) atoms. The summed E-state index contributed by atoms with van der Waals surface area (Å²) < 4.78 is 13.2. The Bertz CT molecular complexity index is 628. The second-order valence-corrected chi connectivity index (χ2v) is 5.18. The molecule has 0 saturated carbocycles. The molecule has 4 nitrogen and oxygen atoms in total. The number of halogens is 1. The third kappa shape index (κ3) is 3.23. The zero-order valence-corrected chi connectivity index (χ0v) is 11.4. The van der Waals surface area contributed by atoms with E-state index in [1.165, 1.54) is 12.1 Å². The number of carboxylic acid groups (broad SMARTS) is 1. The quantitative estimate of drug-likeness (QED) is 0.879. The molecule has 0 radical (unpaired) electrons. The van der Waals surface area contributed by atoms with Gasteiger partial charge < -0.3 is 10.4 Å². The van der Waals surface area contributed by atoms with E-state index < -0.39 is 12.0 Å². The summed E-state index contributed by atoms with van der Waals surface area (Å²) in [6.07, 6.45) is 2.05. The average Bonchev–Trinajstić information content (AvgIpc) is 2.37. The fourth-order valence-electron chi connectivity index (χ4n) is 2.13. The van der Waals surface area contributed by atoms with Gasteiger partial charge in [0.25, 0.3) is 0 Å². The minimum absolute atomic E-state index is 0.258. The first-order chi connectivity index (χ1) is 9.47. The lowest BCUT2D eigenvalue weighted by Gasteiger charge is -2.18. The fraction of sp³-hybridized carbons (Fsp3) is 0.333. The highest BCUT2D eigenvalue weighted by Gasteiger charge is 2.19. The Morgan fingerprint density at radius 1 is 1.40 bits per heavy atom. The molecule has 1 aromatic carbocycles. The van der Waals surface area contributed by atoms with Crippen molar-refractivity contribution in [2.45, 2.75) is 26.3 Å². The lowest BCUT2D eigenvalue weighted by atomic mass is 10.0. The number of carbonyl (C=O) groups is 1. The standard InChI is InChI=1S/C15H17FN2O2/c1-9(2)7-14(15(19)20)18-12-5-6-17-13-8-10(16)3-4-11(12)13/h3-6,8-9,14H,7H2,1-2H3,(H,17,18)(H,19,20)/t14-/m0/s1. The van der Waals surface area contributed by atoms with Crippen molar-refractivity contribution in [2.24, 2.45) is 5.92 Å². The van der Waals surface area contributed by atoms with Crippen LogP contribution >= 0.6 is 0 Å². The number of rotatable bonds is 5. The molecular weight excluding hydrogens is 259 g/mol. The van der Waals surface area contributed by atoms with E-state index in [0.29, 0.717) is 23.0 Å². The lowest BCUT2D eigenvalue weighted by molar-refractivity contribution is -0.138. The van der Waals surface area contributed by atoms with E-state index in [4.69, 9.17) is 0 Å². The van der Waals surface area contributed by atoms with Crippen LogP contribution in [0.4, 0.5) is 10.1 Å². The van der Waals surface area contributed by atoms with Crippen LogP contribution in [0.1, 0.15) is 20.3 Å². The van der Waals surface area contributed by atoms with Gasteiger partial charge in [-0.3, -0.25) is 4.98 Å². The SMILES string of the molecule is CC(C)C[C@H](Nc1ccnc2cc(F)ccc12)C(=O)O. The van der Waals surface area contributed by atoms with Gasteiger partial charge in [-0.2, -0.15) is 0 Å². The lowest BCUT2D eigenvalue weighted by Crippen LogP contribution is -2.30. The zero-order chi connectivity index (χ0) is 14.7. The first-order valence-corrected chi connectivity index (χ1v) is 6.51. The van der Waals surface area contributed by atoms with Crippen LogP contribution in [0.15, 0.2) is 30.5 Å². The van der Waals surface area contributed by atoms with Gasteiger partial charge in [0.1, 0.15) is 11.9 Å². The Balaban J connectivity index is 2.34. The van der Waals surface area contributed by atoms with Crippen molar-refractivity contribution < 1.29 is 14.3 Å². The van der Waals surface area contributed by atoms with Gasteiger partial charge in [-0.1, -0.05) is 13.8 Å². The van der Waals surface area contributed by atoms with Crippen LogP contribution in [-0.4, -0.2) is 22.1 Å². The van der Waals surface area contributed by atoms with Gasteiger partial charge in [-0.25, -0.2) is 9.18 Å². The van der Waals surface area contributed by atoms with Crippen LogP contribution in [0, 0.1) is 11.7 Å². The Morgan fingerprint density at radius 3 is 2.80 bits per heavy atom. The highest BCUT2D eigenvalue weighted by Crippen LogP contribution is 2.24. The summed E-state index contributed by atoms with van der Waals surface area (Å²) in [6.45, 7) is 3.94. The Hall–Kier alpha value is -2.17. The van der Waals surface area contributed by atoms with E-state index in [2.05, 4.69) is 10.3 Å². The van der Waals surface area contributed by atoms with Gasteiger partial charge in [0, 0.05) is 23.3 Å². The number of hydrogen-bond donors (Lipinski definition) is 2. The Kier molecular flexibility index (Phi) is 4.17. The smallest absolute Gasteiger partial charge is 0.326 e. The van der Waals surface area contributed by atoms with Crippen LogP contribution < -0.4 is 5.32 Å². The maximum Gasteiger partial charge on any atom is 0.326 e. The van der Waals surface area contributed by atoms with Gasteiger partial charge in [0.2, 0.25) is 0 Å². The third-order valence-corrected chi connectivity index (χ3v) is 3.04. The Labute approximate surface area is 116 Å². The maximum absolute atomic E-state index is 13.2. The molecule has 1 heterocycles. The van der Waals surface area contributed by atoms with Crippen LogP contribution in [0.25, 0.3) is 10.9 Å². The summed E-state index contributed by atoms with van der Waals surface area (Å²) in [5.74, 6) is -1.00. The predicted molar refractivity (Wildman–Crippen MR) is 76.2 cm³/mol. The molecule has 0 bridgehead atoms. The van der Waals surface area contributed by atoms with Crippen LogP contribution in [-0.2, 0) is 4.79 Å². The highest BCUT2D eigenvalue weighted by atomic mass is 19.1. The normalized spacial score (nSPS) is 12.6. The number of aliphatic carboxylic acids is 1. The molecule has 0 saturated heterocycles. The molecule has 2 N–H and O–H groups in total. The minimum Gasteiger partial charge on any atom is -0.480 e. The average molecular weight is 276 g/mol. The molecule has 5 heteroatoms. The molecule has 0 aliphatic heterocycles. The topological polar surface area (TPSA) is 62.2 Å². The highest BCUT2D eigenvalue weighted by molar-refractivity contribution is 5.92. The molecule has 1 atom stereocenters. The van der Waals surface area contributed by atoms with Gasteiger partial charge in [0.05, 0.1) is 5.52 Å². The van der Waals surface area contributed by atoms with Gasteiger partial charge >= 0.3 is 5.97 Å². The fourth-order valence-corrected chi connectivity index (χ4v) is 2.13. The number of carboxylic acids is 1. The molecule has 0 fully saturated rings. The molecule has 0 amide bonds. The number of benzene rings is 1. The number of nitrogens with one attached hydrogen (secondary N) is 1. The van der Waals surface area contributed by atoms with Crippen molar-refractivity contribution in [2.75, 3.05) is 5.32 Å². The first-order valence-electron chi connectivity index (χ1n) is 6.51. The van der Waals surface area contributed by atoms with Crippen LogP contribution in [0.5, 0.6) is 0 Å². The molecular formula is C15H17FN2O2. The van der Waals surface area contributed by atoms with Crippen LogP contribution in [0.2, 0.25) is 0 Å². The van der Waals surface area contributed by atoms with Crippen LogP contribution in [0.3, 0.4) is 0 Å². The molecule has 0 unspecified atom stereocenters.